The number of esters is 1. The third kappa shape index (κ3) is 5.22. The van der Waals surface area contributed by atoms with Crippen molar-refractivity contribution < 1.29 is 37.3 Å². The normalized spacial score (nSPS) is 12.8. The van der Waals surface area contributed by atoms with Gasteiger partial charge in [0.15, 0.2) is 23.3 Å². The second kappa shape index (κ2) is 9.20. The first-order valence-corrected chi connectivity index (χ1v) is 9.19. The van der Waals surface area contributed by atoms with Gasteiger partial charge in [0.1, 0.15) is 22.8 Å². The molecule has 0 unspecified atom stereocenters. The Kier molecular flexibility index (Phi) is 7.09. The van der Waals surface area contributed by atoms with Crippen LogP contribution in [0.2, 0.25) is 0 Å². The Hall–Kier alpha value is -3.36. The van der Waals surface area contributed by atoms with Crippen molar-refractivity contribution in [2.24, 2.45) is 4.99 Å². The van der Waals surface area contributed by atoms with E-state index in [0.717, 1.165) is 11.8 Å². The number of benzene rings is 2. The number of aliphatic imine (C=N–C) groups is 1. The molecule has 0 amide bonds. The quantitative estimate of drug-likeness (QED) is 0.123. The van der Waals surface area contributed by atoms with Gasteiger partial charge < -0.3 is 14.9 Å². The highest BCUT2D eigenvalue weighted by Gasteiger charge is 2.25. The molecule has 0 fully saturated rings. The van der Waals surface area contributed by atoms with Crippen LogP contribution in [-0.2, 0) is 14.9 Å². The number of phenols is 1. The first-order chi connectivity index (χ1) is 14.4. The minimum atomic E-state index is -2.16. The molecule has 0 saturated heterocycles. The molecular weight excluding hydrogens is 418 g/mol. The van der Waals surface area contributed by atoms with E-state index >= 15 is 0 Å². The number of halogens is 4. The Morgan fingerprint density at radius 1 is 1.10 bits per heavy atom. The molecular formula is C22H21F4NO4. The SMILES string of the molecule is CCOC(=O)/C(C=Nc1cc(C(C)(C)C)ccc1O)=C(/O)c1cc(F)c(F)c(F)c1F. The first kappa shape index (κ1) is 23.9. The summed E-state index contributed by atoms with van der Waals surface area (Å²) < 4.78 is 59.2. The smallest absolute Gasteiger partial charge is 0.343 e. The maximum absolute atomic E-state index is 14.1. The van der Waals surface area contributed by atoms with Crippen molar-refractivity contribution in [2.45, 2.75) is 33.1 Å². The molecule has 5 nitrogen and oxygen atoms in total. The largest absolute Gasteiger partial charge is 0.506 e. The lowest BCUT2D eigenvalue weighted by Gasteiger charge is -2.19. The van der Waals surface area contributed by atoms with E-state index in [1.807, 2.05) is 20.8 Å². The van der Waals surface area contributed by atoms with E-state index in [1.54, 1.807) is 6.07 Å². The zero-order valence-electron chi connectivity index (χ0n) is 17.3. The second-order valence-corrected chi connectivity index (χ2v) is 7.54. The van der Waals surface area contributed by atoms with Gasteiger partial charge in [0.05, 0.1) is 12.2 Å². The summed E-state index contributed by atoms with van der Waals surface area (Å²) in [5, 5.41) is 20.4. The van der Waals surface area contributed by atoms with Crippen molar-refractivity contribution >= 4 is 23.6 Å². The van der Waals surface area contributed by atoms with Crippen LogP contribution in [0.1, 0.15) is 38.8 Å². The predicted molar refractivity (Wildman–Crippen MR) is 107 cm³/mol. The van der Waals surface area contributed by atoms with Crippen molar-refractivity contribution in [3.05, 3.63) is 64.2 Å². The molecule has 2 aromatic carbocycles. The van der Waals surface area contributed by atoms with Gasteiger partial charge in [-0.3, -0.25) is 4.99 Å². The molecule has 0 heterocycles. The molecule has 0 aromatic heterocycles. The average molecular weight is 439 g/mol. The van der Waals surface area contributed by atoms with Crippen LogP contribution in [-0.4, -0.2) is 29.0 Å². The Balaban J connectivity index is 2.66. The van der Waals surface area contributed by atoms with Gasteiger partial charge in [0.2, 0.25) is 0 Å². The van der Waals surface area contributed by atoms with Gasteiger partial charge in [-0.15, -0.1) is 0 Å². The van der Waals surface area contributed by atoms with Crippen LogP contribution < -0.4 is 0 Å². The van der Waals surface area contributed by atoms with Crippen molar-refractivity contribution in [2.75, 3.05) is 6.61 Å². The fourth-order valence-electron chi connectivity index (χ4n) is 2.54. The van der Waals surface area contributed by atoms with E-state index in [0.29, 0.717) is 0 Å². The number of rotatable bonds is 5. The number of phenolic OH excluding ortho intramolecular Hbond substituents is 1. The van der Waals surface area contributed by atoms with Crippen LogP contribution in [0.3, 0.4) is 0 Å². The van der Waals surface area contributed by atoms with Gasteiger partial charge in [-0.2, -0.15) is 0 Å². The molecule has 0 bridgehead atoms. The van der Waals surface area contributed by atoms with Crippen LogP contribution in [0.5, 0.6) is 5.75 Å². The number of nitrogens with zero attached hydrogens (tertiary/aromatic N) is 1. The van der Waals surface area contributed by atoms with Gasteiger partial charge in [0.25, 0.3) is 0 Å². The van der Waals surface area contributed by atoms with Crippen LogP contribution in [0.15, 0.2) is 34.8 Å². The van der Waals surface area contributed by atoms with E-state index in [2.05, 4.69) is 4.99 Å². The molecule has 0 aliphatic heterocycles. The lowest BCUT2D eigenvalue weighted by molar-refractivity contribution is -0.137. The number of aliphatic hydroxyl groups is 1. The van der Waals surface area contributed by atoms with E-state index in [-0.39, 0.29) is 29.5 Å². The number of hydrogen-bond donors (Lipinski definition) is 2. The fourth-order valence-corrected chi connectivity index (χ4v) is 2.54. The highest BCUT2D eigenvalue weighted by molar-refractivity contribution is 6.15. The van der Waals surface area contributed by atoms with Gasteiger partial charge in [-0.25, -0.2) is 22.4 Å². The van der Waals surface area contributed by atoms with Gasteiger partial charge in [-0.1, -0.05) is 26.8 Å². The average Bonchev–Trinajstić information content (AvgIpc) is 2.69. The number of carbonyl (C=O) groups excluding carboxylic acids is 1. The van der Waals surface area contributed by atoms with E-state index < -0.39 is 46.1 Å². The van der Waals surface area contributed by atoms with Gasteiger partial charge >= 0.3 is 5.97 Å². The highest BCUT2D eigenvalue weighted by Crippen LogP contribution is 2.33. The molecule has 9 heteroatoms. The van der Waals surface area contributed by atoms with Crippen molar-refractivity contribution in [1.29, 1.82) is 0 Å². The van der Waals surface area contributed by atoms with Crippen molar-refractivity contribution in [3.8, 4) is 5.75 Å². The third-order valence-electron chi connectivity index (χ3n) is 4.28. The van der Waals surface area contributed by atoms with Crippen LogP contribution in [0.25, 0.3) is 5.76 Å². The second-order valence-electron chi connectivity index (χ2n) is 7.54. The summed E-state index contributed by atoms with van der Waals surface area (Å²) in [5.41, 5.74) is -1.35. The van der Waals surface area contributed by atoms with E-state index in [1.165, 1.54) is 19.1 Å². The lowest BCUT2D eigenvalue weighted by atomic mass is 9.87. The summed E-state index contributed by atoms with van der Waals surface area (Å²) in [6.45, 7) is 7.08. The number of hydrogen-bond acceptors (Lipinski definition) is 5. The first-order valence-electron chi connectivity index (χ1n) is 9.19. The zero-order valence-corrected chi connectivity index (χ0v) is 17.3. The molecule has 0 atom stereocenters. The summed E-state index contributed by atoms with van der Waals surface area (Å²) >= 11 is 0. The minimum absolute atomic E-state index is 0.0129. The Bertz CT molecular complexity index is 1070. The van der Waals surface area contributed by atoms with E-state index in [9.17, 15) is 32.6 Å². The summed E-state index contributed by atoms with van der Waals surface area (Å²) in [5.74, 6) is -10.5. The predicted octanol–water partition coefficient (Wildman–Crippen LogP) is 5.48. The van der Waals surface area contributed by atoms with E-state index in [4.69, 9.17) is 4.74 Å². The number of aromatic hydroxyl groups is 1. The summed E-state index contributed by atoms with van der Waals surface area (Å²) in [6, 6.07) is 4.79. The molecule has 2 rings (SSSR count). The third-order valence-corrected chi connectivity index (χ3v) is 4.28. The maximum atomic E-state index is 14.1. The van der Waals surface area contributed by atoms with Gasteiger partial charge in [-0.05, 0) is 36.1 Å². The van der Waals surface area contributed by atoms with Gasteiger partial charge in [0, 0.05) is 6.21 Å². The lowest BCUT2D eigenvalue weighted by Crippen LogP contribution is -2.13. The molecule has 0 aliphatic rings. The molecule has 166 valence electrons. The molecule has 0 radical (unpaired) electrons. The Morgan fingerprint density at radius 3 is 2.32 bits per heavy atom. The summed E-state index contributed by atoms with van der Waals surface area (Å²) in [6.07, 6.45) is 0.757. The zero-order chi connectivity index (χ0) is 23.5. The highest BCUT2D eigenvalue weighted by atomic mass is 19.2. The molecule has 2 N–H and O–H groups in total. The Morgan fingerprint density at radius 2 is 1.74 bits per heavy atom. The number of ether oxygens (including phenoxy) is 1. The molecule has 31 heavy (non-hydrogen) atoms. The molecule has 0 saturated carbocycles. The van der Waals surface area contributed by atoms with Crippen LogP contribution in [0.4, 0.5) is 23.2 Å². The molecule has 2 aromatic rings. The minimum Gasteiger partial charge on any atom is -0.506 e. The molecule has 0 aliphatic carbocycles. The van der Waals surface area contributed by atoms with Crippen LogP contribution >= 0.6 is 0 Å². The van der Waals surface area contributed by atoms with Crippen molar-refractivity contribution in [1.82, 2.24) is 0 Å². The number of carbonyl (C=O) groups is 1. The number of aliphatic hydroxyl groups excluding tert-OH is 1. The maximum Gasteiger partial charge on any atom is 0.343 e. The Labute approximate surface area is 176 Å². The summed E-state index contributed by atoms with van der Waals surface area (Å²) in [4.78, 5) is 16.2. The topological polar surface area (TPSA) is 79.1 Å². The van der Waals surface area contributed by atoms with Crippen LogP contribution in [0, 0.1) is 23.3 Å². The fraction of sp³-hybridized carbons (Fsp3) is 0.273. The standard InChI is InChI=1S/C22H21F4NO4/c1-5-31-21(30)13(20(29)12-9-14(23)18(25)19(26)17(12)24)10-27-15-8-11(22(2,3)4)6-7-16(15)28/h6-10,28-29H,5H2,1-4H3/b20-13+,27-10?. The monoisotopic (exact) mass is 439 g/mol. The molecule has 0 spiro atoms. The van der Waals surface area contributed by atoms with Crippen molar-refractivity contribution in [3.63, 3.8) is 0 Å². The summed E-state index contributed by atoms with van der Waals surface area (Å²) in [7, 11) is 0.